The van der Waals surface area contributed by atoms with Crippen LogP contribution in [-0.2, 0) is 0 Å². The SMILES string of the molecule is Cc1ccc(NC(=S)NNC(=S)N[C@H]2CCCC[C@@H]2C)cc1. The van der Waals surface area contributed by atoms with Crippen molar-refractivity contribution >= 4 is 40.3 Å². The average molecular weight is 337 g/mol. The molecule has 1 aliphatic carbocycles. The zero-order valence-corrected chi connectivity index (χ0v) is 14.7. The van der Waals surface area contributed by atoms with Gasteiger partial charge in [-0.2, -0.15) is 0 Å². The van der Waals surface area contributed by atoms with Crippen LogP contribution in [0.1, 0.15) is 38.2 Å². The summed E-state index contributed by atoms with van der Waals surface area (Å²) in [5, 5.41) is 7.55. The van der Waals surface area contributed by atoms with E-state index in [1.54, 1.807) is 0 Å². The standard InChI is InChI=1S/C16H24N4S2/c1-11-7-9-13(10-8-11)17-15(21)19-20-16(22)18-14-6-4-3-5-12(14)2/h7-10,12,14H,3-6H2,1-2H3,(H2,17,19,21)(H2,18,20,22)/t12-,14-/m0/s1. The van der Waals surface area contributed by atoms with E-state index in [0.717, 1.165) is 5.69 Å². The Kier molecular flexibility index (Phi) is 6.39. The summed E-state index contributed by atoms with van der Waals surface area (Å²) in [6.07, 6.45) is 5.03. The van der Waals surface area contributed by atoms with Gasteiger partial charge in [0.15, 0.2) is 10.2 Å². The molecule has 1 aliphatic rings. The highest BCUT2D eigenvalue weighted by Gasteiger charge is 2.21. The number of hydrazine groups is 1. The summed E-state index contributed by atoms with van der Waals surface area (Å²) in [5.74, 6) is 0.658. The third kappa shape index (κ3) is 5.42. The second-order valence-corrected chi connectivity index (χ2v) is 6.73. The van der Waals surface area contributed by atoms with Crippen LogP contribution in [0.15, 0.2) is 24.3 Å². The van der Waals surface area contributed by atoms with Crippen molar-refractivity contribution in [3.63, 3.8) is 0 Å². The van der Waals surface area contributed by atoms with Crippen molar-refractivity contribution in [2.45, 2.75) is 45.6 Å². The Labute approximate surface area is 143 Å². The van der Waals surface area contributed by atoms with Crippen LogP contribution < -0.4 is 21.5 Å². The maximum absolute atomic E-state index is 5.32. The Morgan fingerprint density at radius 2 is 1.64 bits per heavy atom. The number of benzene rings is 1. The van der Waals surface area contributed by atoms with Crippen molar-refractivity contribution < 1.29 is 0 Å². The fraction of sp³-hybridized carbons (Fsp3) is 0.500. The van der Waals surface area contributed by atoms with Gasteiger partial charge in [-0.05, 0) is 62.3 Å². The van der Waals surface area contributed by atoms with Crippen LogP contribution in [0, 0.1) is 12.8 Å². The van der Waals surface area contributed by atoms with Gasteiger partial charge in [-0.25, -0.2) is 0 Å². The van der Waals surface area contributed by atoms with Crippen LogP contribution in [-0.4, -0.2) is 16.3 Å². The second kappa shape index (κ2) is 8.29. The lowest BCUT2D eigenvalue weighted by Crippen LogP contribution is -2.52. The number of nitrogens with one attached hydrogen (secondary N) is 4. The molecule has 4 N–H and O–H groups in total. The molecular formula is C16H24N4S2. The van der Waals surface area contributed by atoms with E-state index in [4.69, 9.17) is 24.4 Å². The molecule has 6 heteroatoms. The maximum atomic E-state index is 5.32. The lowest BCUT2D eigenvalue weighted by molar-refractivity contribution is 0.308. The molecule has 120 valence electrons. The Bertz CT molecular complexity index is 515. The molecule has 0 radical (unpaired) electrons. The van der Waals surface area contributed by atoms with Crippen molar-refractivity contribution in [3.05, 3.63) is 29.8 Å². The molecule has 4 nitrogen and oxygen atoms in total. The molecule has 1 saturated carbocycles. The minimum atomic E-state index is 0.453. The van der Waals surface area contributed by atoms with E-state index in [1.165, 1.54) is 31.2 Å². The third-order valence-electron chi connectivity index (χ3n) is 4.03. The van der Waals surface area contributed by atoms with E-state index < -0.39 is 0 Å². The summed E-state index contributed by atoms with van der Waals surface area (Å²) < 4.78 is 0. The molecule has 22 heavy (non-hydrogen) atoms. The molecule has 1 fully saturated rings. The lowest BCUT2D eigenvalue weighted by Gasteiger charge is -2.30. The van der Waals surface area contributed by atoms with Crippen LogP contribution >= 0.6 is 24.4 Å². The first-order chi connectivity index (χ1) is 10.5. The Morgan fingerprint density at radius 1 is 1.00 bits per heavy atom. The van der Waals surface area contributed by atoms with Crippen LogP contribution in [0.4, 0.5) is 5.69 Å². The normalized spacial score (nSPS) is 20.8. The largest absolute Gasteiger partial charge is 0.358 e. The summed E-state index contributed by atoms with van der Waals surface area (Å²) in [6, 6.07) is 8.51. The fourth-order valence-electron chi connectivity index (χ4n) is 2.65. The van der Waals surface area contributed by atoms with Gasteiger partial charge >= 0.3 is 0 Å². The van der Waals surface area contributed by atoms with E-state index in [9.17, 15) is 0 Å². The van der Waals surface area contributed by atoms with Gasteiger partial charge in [-0.15, -0.1) is 0 Å². The molecular weight excluding hydrogens is 312 g/mol. The van der Waals surface area contributed by atoms with Gasteiger partial charge in [-0.1, -0.05) is 37.5 Å². The molecule has 0 aromatic heterocycles. The number of aryl methyl sites for hydroxylation is 1. The van der Waals surface area contributed by atoms with Gasteiger partial charge in [0.25, 0.3) is 0 Å². The first-order valence-electron chi connectivity index (χ1n) is 7.75. The Hall–Kier alpha value is -1.40. The zero-order valence-electron chi connectivity index (χ0n) is 13.1. The first kappa shape index (κ1) is 17.0. The molecule has 1 aromatic carbocycles. The van der Waals surface area contributed by atoms with Gasteiger partial charge in [0.1, 0.15) is 0 Å². The van der Waals surface area contributed by atoms with Gasteiger partial charge in [0, 0.05) is 11.7 Å². The van der Waals surface area contributed by atoms with Gasteiger partial charge in [0.2, 0.25) is 0 Å². The molecule has 0 aliphatic heterocycles. The van der Waals surface area contributed by atoms with Crippen LogP contribution in [0.3, 0.4) is 0 Å². The summed E-state index contributed by atoms with van der Waals surface area (Å²) in [7, 11) is 0. The summed E-state index contributed by atoms with van der Waals surface area (Å²) in [4.78, 5) is 0. The first-order valence-corrected chi connectivity index (χ1v) is 8.56. The highest BCUT2D eigenvalue weighted by Crippen LogP contribution is 2.23. The van der Waals surface area contributed by atoms with Crippen molar-refractivity contribution in [2.24, 2.45) is 5.92 Å². The van der Waals surface area contributed by atoms with Crippen molar-refractivity contribution in [2.75, 3.05) is 5.32 Å². The van der Waals surface area contributed by atoms with Crippen molar-refractivity contribution in [1.29, 1.82) is 0 Å². The molecule has 0 spiro atoms. The van der Waals surface area contributed by atoms with E-state index in [1.807, 2.05) is 24.3 Å². The summed E-state index contributed by atoms with van der Waals surface area (Å²) in [5.41, 5.74) is 8.03. The topological polar surface area (TPSA) is 48.1 Å². The predicted octanol–water partition coefficient (Wildman–Crippen LogP) is 3.24. The average Bonchev–Trinajstić information content (AvgIpc) is 2.50. The Balaban J connectivity index is 1.71. The number of thiocarbonyl (C=S) groups is 2. The highest BCUT2D eigenvalue weighted by molar-refractivity contribution is 7.80. The van der Waals surface area contributed by atoms with Crippen LogP contribution in [0.5, 0.6) is 0 Å². The molecule has 0 amide bonds. The summed E-state index contributed by atoms with van der Waals surface area (Å²) in [6.45, 7) is 4.33. The molecule has 0 heterocycles. The van der Waals surface area contributed by atoms with E-state index in [0.29, 0.717) is 22.2 Å². The molecule has 0 saturated heterocycles. The minimum absolute atomic E-state index is 0.453. The lowest BCUT2D eigenvalue weighted by atomic mass is 9.86. The fourth-order valence-corrected chi connectivity index (χ4v) is 3.02. The van der Waals surface area contributed by atoms with E-state index in [-0.39, 0.29) is 0 Å². The van der Waals surface area contributed by atoms with Crippen LogP contribution in [0.25, 0.3) is 0 Å². The molecule has 1 aromatic rings. The van der Waals surface area contributed by atoms with E-state index in [2.05, 4.69) is 35.3 Å². The highest BCUT2D eigenvalue weighted by atomic mass is 32.1. The minimum Gasteiger partial charge on any atom is -0.358 e. The van der Waals surface area contributed by atoms with Crippen LogP contribution in [0.2, 0.25) is 0 Å². The molecule has 2 atom stereocenters. The third-order valence-corrected chi connectivity index (χ3v) is 4.45. The van der Waals surface area contributed by atoms with E-state index >= 15 is 0 Å². The number of hydrogen-bond donors (Lipinski definition) is 4. The van der Waals surface area contributed by atoms with Gasteiger partial charge < -0.3 is 10.6 Å². The number of hydrogen-bond acceptors (Lipinski definition) is 2. The number of rotatable bonds is 2. The maximum Gasteiger partial charge on any atom is 0.189 e. The predicted molar refractivity (Wildman–Crippen MR) is 101 cm³/mol. The van der Waals surface area contributed by atoms with Gasteiger partial charge in [-0.3, -0.25) is 10.9 Å². The quantitative estimate of drug-likeness (QED) is 0.491. The summed E-state index contributed by atoms with van der Waals surface area (Å²) >= 11 is 10.6. The molecule has 0 unspecified atom stereocenters. The Morgan fingerprint density at radius 3 is 2.32 bits per heavy atom. The number of anilines is 1. The second-order valence-electron chi connectivity index (χ2n) is 5.91. The van der Waals surface area contributed by atoms with Crippen molar-refractivity contribution in [3.8, 4) is 0 Å². The molecule has 0 bridgehead atoms. The zero-order chi connectivity index (χ0) is 15.9. The molecule has 2 rings (SSSR count). The smallest absolute Gasteiger partial charge is 0.189 e. The van der Waals surface area contributed by atoms with Crippen molar-refractivity contribution in [1.82, 2.24) is 16.2 Å². The van der Waals surface area contributed by atoms with Gasteiger partial charge in [0.05, 0.1) is 0 Å². The monoisotopic (exact) mass is 336 g/mol.